The first-order chi connectivity index (χ1) is 9.48. The van der Waals surface area contributed by atoms with Crippen molar-refractivity contribution in [1.82, 2.24) is 5.32 Å². The minimum Gasteiger partial charge on any atom is -0.387 e. The average Bonchev–Trinajstić information content (AvgIpc) is 2.84. The molecule has 1 atom stereocenters. The number of hydrogen-bond acceptors (Lipinski definition) is 3. The van der Waals surface area contributed by atoms with Gasteiger partial charge in [0.1, 0.15) is 0 Å². The van der Waals surface area contributed by atoms with E-state index in [2.05, 4.69) is 5.32 Å². The molecular weight excluding hydrogens is 294 g/mol. The van der Waals surface area contributed by atoms with E-state index in [4.69, 9.17) is 11.6 Å². The maximum atomic E-state index is 11.9. The van der Waals surface area contributed by atoms with Gasteiger partial charge < -0.3 is 10.4 Å². The van der Waals surface area contributed by atoms with E-state index in [0.29, 0.717) is 17.3 Å². The molecule has 1 amide bonds. The average molecular weight is 312 g/mol. The summed E-state index contributed by atoms with van der Waals surface area (Å²) in [6.45, 7) is 2.17. The molecule has 5 heteroatoms. The van der Waals surface area contributed by atoms with Crippen molar-refractivity contribution in [2.45, 2.75) is 18.9 Å². The van der Waals surface area contributed by atoms with Crippen molar-refractivity contribution in [1.29, 1.82) is 0 Å². The van der Waals surface area contributed by atoms with Crippen molar-refractivity contribution in [2.75, 3.05) is 18.1 Å². The highest BCUT2D eigenvalue weighted by atomic mass is 35.5. The summed E-state index contributed by atoms with van der Waals surface area (Å²) in [4.78, 5) is 11.9. The molecule has 2 N–H and O–H groups in total. The third kappa shape index (κ3) is 4.27. The van der Waals surface area contributed by atoms with Crippen LogP contribution in [0.25, 0.3) is 5.57 Å². The predicted octanol–water partition coefficient (Wildman–Crippen LogP) is 2.73. The Balaban J connectivity index is 1.94. The van der Waals surface area contributed by atoms with Crippen molar-refractivity contribution in [3.05, 3.63) is 40.9 Å². The van der Waals surface area contributed by atoms with Gasteiger partial charge in [-0.3, -0.25) is 4.79 Å². The van der Waals surface area contributed by atoms with Crippen LogP contribution in [0.1, 0.15) is 18.9 Å². The summed E-state index contributed by atoms with van der Waals surface area (Å²) >= 11 is 7.64. The van der Waals surface area contributed by atoms with Crippen LogP contribution in [-0.2, 0) is 4.79 Å². The van der Waals surface area contributed by atoms with E-state index in [-0.39, 0.29) is 5.91 Å². The lowest BCUT2D eigenvalue weighted by Gasteiger charge is -2.21. The molecule has 0 bridgehead atoms. The summed E-state index contributed by atoms with van der Waals surface area (Å²) in [5.74, 6) is 1.45. The smallest absolute Gasteiger partial charge is 0.244 e. The van der Waals surface area contributed by atoms with E-state index in [0.717, 1.165) is 23.3 Å². The number of rotatable bonds is 4. The molecule has 1 aliphatic rings. The Morgan fingerprint density at radius 1 is 1.60 bits per heavy atom. The van der Waals surface area contributed by atoms with Gasteiger partial charge in [-0.1, -0.05) is 23.7 Å². The second-order valence-corrected chi connectivity index (χ2v) is 6.62. The number of aliphatic hydroxyl groups is 1. The van der Waals surface area contributed by atoms with Gasteiger partial charge in [-0.25, -0.2) is 0 Å². The molecule has 0 saturated carbocycles. The standard InChI is InChI=1S/C15H18ClNO2S/c1-11(12-3-2-4-13(16)8-12)7-14(18)17-9-15(19)5-6-20-10-15/h2-4,7-8,19H,5-6,9-10H2,1H3,(H,17,18). The number of allylic oxidation sites excluding steroid dienone is 1. The van der Waals surface area contributed by atoms with Crippen LogP contribution >= 0.6 is 23.4 Å². The highest BCUT2D eigenvalue weighted by molar-refractivity contribution is 7.99. The summed E-state index contributed by atoms with van der Waals surface area (Å²) in [5, 5.41) is 13.6. The fourth-order valence-corrected chi connectivity index (χ4v) is 3.54. The van der Waals surface area contributed by atoms with Gasteiger partial charge in [-0.2, -0.15) is 11.8 Å². The third-order valence-corrected chi connectivity index (χ3v) is 4.77. The number of hydrogen-bond donors (Lipinski definition) is 2. The van der Waals surface area contributed by atoms with E-state index < -0.39 is 5.60 Å². The number of carbonyl (C=O) groups excluding carboxylic acids is 1. The lowest BCUT2D eigenvalue weighted by Crippen LogP contribution is -2.42. The Morgan fingerprint density at radius 2 is 2.40 bits per heavy atom. The van der Waals surface area contributed by atoms with Crippen LogP contribution in [0.2, 0.25) is 5.02 Å². The molecule has 3 nitrogen and oxygen atoms in total. The molecule has 1 saturated heterocycles. The van der Waals surface area contributed by atoms with Crippen molar-refractivity contribution >= 4 is 34.8 Å². The molecule has 1 aromatic rings. The lowest BCUT2D eigenvalue weighted by molar-refractivity contribution is -0.117. The van der Waals surface area contributed by atoms with Gasteiger partial charge in [0.25, 0.3) is 0 Å². The van der Waals surface area contributed by atoms with Crippen LogP contribution in [0.3, 0.4) is 0 Å². The van der Waals surface area contributed by atoms with Gasteiger partial charge in [0.05, 0.1) is 5.60 Å². The zero-order chi connectivity index (χ0) is 14.6. The number of nitrogens with one attached hydrogen (secondary N) is 1. The van der Waals surface area contributed by atoms with Crippen LogP contribution in [0, 0.1) is 0 Å². The van der Waals surface area contributed by atoms with E-state index in [1.54, 1.807) is 17.8 Å². The molecule has 0 aromatic heterocycles. The molecule has 1 aliphatic heterocycles. The van der Waals surface area contributed by atoms with E-state index in [1.165, 1.54) is 6.08 Å². The minimum absolute atomic E-state index is 0.187. The van der Waals surface area contributed by atoms with Crippen LogP contribution in [0.4, 0.5) is 0 Å². The Hall–Kier alpha value is -0.970. The SMILES string of the molecule is CC(=CC(=O)NCC1(O)CCSC1)c1cccc(Cl)c1. The molecule has 0 spiro atoms. The summed E-state index contributed by atoms with van der Waals surface area (Å²) in [5.41, 5.74) is 1.01. The predicted molar refractivity (Wildman–Crippen MR) is 85.0 cm³/mol. The van der Waals surface area contributed by atoms with Gasteiger partial charge in [-0.15, -0.1) is 0 Å². The number of benzene rings is 1. The van der Waals surface area contributed by atoms with Crippen molar-refractivity contribution in [2.24, 2.45) is 0 Å². The van der Waals surface area contributed by atoms with Crippen molar-refractivity contribution in [3.8, 4) is 0 Å². The largest absolute Gasteiger partial charge is 0.387 e. The number of amides is 1. The second kappa shape index (κ2) is 6.66. The second-order valence-electron chi connectivity index (χ2n) is 5.08. The monoisotopic (exact) mass is 311 g/mol. The van der Waals surface area contributed by atoms with E-state index in [1.807, 2.05) is 25.1 Å². The molecular formula is C15H18ClNO2S. The van der Waals surface area contributed by atoms with Gasteiger partial charge >= 0.3 is 0 Å². The topological polar surface area (TPSA) is 49.3 Å². The maximum Gasteiger partial charge on any atom is 0.244 e. The van der Waals surface area contributed by atoms with Crippen LogP contribution in [0.5, 0.6) is 0 Å². The summed E-state index contributed by atoms with van der Waals surface area (Å²) < 4.78 is 0. The summed E-state index contributed by atoms with van der Waals surface area (Å²) in [6.07, 6.45) is 2.27. The molecule has 2 rings (SSSR count). The van der Waals surface area contributed by atoms with Crippen LogP contribution in [-0.4, -0.2) is 34.7 Å². The normalized spacial score (nSPS) is 22.9. The van der Waals surface area contributed by atoms with E-state index >= 15 is 0 Å². The first-order valence-electron chi connectivity index (χ1n) is 6.51. The molecule has 20 heavy (non-hydrogen) atoms. The minimum atomic E-state index is -0.752. The Kier molecular flexibility index (Phi) is 5.13. The van der Waals surface area contributed by atoms with Crippen molar-refractivity contribution in [3.63, 3.8) is 0 Å². The molecule has 1 unspecified atom stereocenters. The molecule has 0 aliphatic carbocycles. The quantitative estimate of drug-likeness (QED) is 0.841. The zero-order valence-corrected chi connectivity index (χ0v) is 12.9. The first-order valence-corrected chi connectivity index (χ1v) is 8.04. The van der Waals surface area contributed by atoms with Crippen LogP contribution < -0.4 is 5.32 Å². The molecule has 0 radical (unpaired) electrons. The highest BCUT2D eigenvalue weighted by Crippen LogP contribution is 2.27. The van der Waals surface area contributed by atoms with Gasteiger partial charge in [-0.05, 0) is 42.4 Å². The summed E-state index contributed by atoms with van der Waals surface area (Å²) in [6, 6.07) is 7.38. The molecule has 1 fully saturated rings. The third-order valence-electron chi connectivity index (χ3n) is 3.30. The lowest BCUT2D eigenvalue weighted by atomic mass is 10.0. The Labute approximate surface area is 128 Å². The highest BCUT2D eigenvalue weighted by Gasteiger charge is 2.31. The van der Waals surface area contributed by atoms with Gasteiger partial charge in [0.15, 0.2) is 0 Å². The zero-order valence-electron chi connectivity index (χ0n) is 11.4. The number of halogens is 1. The fourth-order valence-electron chi connectivity index (χ4n) is 2.05. The van der Waals surface area contributed by atoms with Crippen molar-refractivity contribution < 1.29 is 9.90 Å². The van der Waals surface area contributed by atoms with Gasteiger partial charge in [0, 0.05) is 23.4 Å². The number of thioether (sulfide) groups is 1. The molecule has 1 aromatic carbocycles. The van der Waals surface area contributed by atoms with Crippen LogP contribution in [0.15, 0.2) is 30.3 Å². The molecule has 1 heterocycles. The Bertz CT molecular complexity index is 524. The maximum absolute atomic E-state index is 11.9. The first kappa shape index (κ1) is 15.4. The molecule has 108 valence electrons. The summed E-state index contributed by atoms with van der Waals surface area (Å²) in [7, 11) is 0. The van der Waals surface area contributed by atoms with E-state index in [9.17, 15) is 9.90 Å². The number of carbonyl (C=O) groups is 1. The fraction of sp³-hybridized carbons (Fsp3) is 0.400. The van der Waals surface area contributed by atoms with Gasteiger partial charge in [0.2, 0.25) is 5.91 Å². The Morgan fingerprint density at radius 3 is 3.05 bits per heavy atom.